The molecule has 1 N–H and O–H groups in total. The van der Waals surface area contributed by atoms with Gasteiger partial charge in [-0.15, -0.1) is 0 Å². The van der Waals surface area contributed by atoms with Crippen LogP contribution < -0.4 is 5.06 Å². The van der Waals surface area contributed by atoms with Crippen LogP contribution in [-0.2, 0) is 9.57 Å². The summed E-state index contributed by atoms with van der Waals surface area (Å²) in [5, 5.41) is 3.00. The van der Waals surface area contributed by atoms with Crippen LogP contribution in [0.5, 0.6) is 0 Å². The van der Waals surface area contributed by atoms with E-state index in [0.29, 0.717) is 23.0 Å². The fourth-order valence-electron chi connectivity index (χ4n) is 2.67. The van der Waals surface area contributed by atoms with Crippen LogP contribution in [0.3, 0.4) is 0 Å². The van der Waals surface area contributed by atoms with Crippen molar-refractivity contribution >= 4 is 39.8 Å². The van der Waals surface area contributed by atoms with Gasteiger partial charge in [-0.05, 0) is 44.2 Å². The predicted molar refractivity (Wildman–Crippen MR) is 99.5 cm³/mol. The maximum Gasteiger partial charge on any atom is 0.357 e. The van der Waals surface area contributed by atoms with Crippen molar-refractivity contribution in [3.63, 3.8) is 0 Å². The van der Waals surface area contributed by atoms with Crippen LogP contribution in [-0.4, -0.2) is 24.2 Å². The number of benzene rings is 2. The number of aromatic nitrogens is 1. The first-order valence-corrected chi connectivity index (χ1v) is 8.50. The lowest BCUT2D eigenvalue weighted by Crippen LogP contribution is -2.20. The van der Waals surface area contributed by atoms with Gasteiger partial charge in [0.1, 0.15) is 5.69 Å². The second kappa shape index (κ2) is 7.59. The molecule has 130 valence electrons. The topological polar surface area (TPSA) is 54.6 Å². The molecule has 6 heteroatoms. The van der Waals surface area contributed by atoms with E-state index in [4.69, 9.17) is 21.2 Å². The van der Waals surface area contributed by atoms with Crippen LogP contribution >= 0.6 is 11.6 Å². The molecule has 1 heterocycles. The average Bonchev–Trinajstić information content (AvgIpc) is 2.99. The van der Waals surface area contributed by atoms with E-state index >= 15 is 0 Å². The lowest BCUT2D eigenvalue weighted by Gasteiger charge is -2.23. The van der Waals surface area contributed by atoms with Gasteiger partial charge in [0.05, 0.1) is 18.9 Å². The van der Waals surface area contributed by atoms with Gasteiger partial charge in [-0.2, -0.15) is 0 Å². The van der Waals surface area contributed by atoms with Gasteiger partial charge in [-0.1, -0.05) is 29.8 Å². The summed E-state index contributed by atoms with van der Waals surface area (Å²) < 4.78 is 5.21. The Hall–Kier alpha value is -2.50. The SMILES string of the molecule is CCOC(=O)c1[nH]c2ccc(Cl)cc2c1N(OCC)c1ccccc1. The molecule has 5 nitrogen and oxygen atoms in total. The van der Waals surface area contributed by atoms with Gasteiger partial charge in [0.25, 0.3) is 0 Å². The quantitative estimate of drug-likeness (QED) is 0.492. The highest BCUT2D eigenvalue weighted by molar-refractivity contribution is 6.31. The number of rotatable bonds is 6. The summed E-state index contributed by atoms with van der Waals surface area (Å²) in [5.41, 5.74) is 2.50. The summed E-state index contributed by atoms with van der Waals surface area (Å²) in [7, 11) is 0. The summed E-state index contributed by atoms with van der Waals surface area (Å²) in [6.07, 6.45) is 0. The van der Waals surface area contributed by atoms with Crippen LogP contribution in [0, 0.1) is 0 Å². The molecule has 3 rings (SSSR count). The van der Waals surface area contributed by atoms with Crippen molar-refractivity contribution in [2.45, 2.75) is 13.8 Å². The minimum atomic E-state index is -0.439. The van der Waals surface area contributed by atoms with Crippen LogP contribution in [0.25, 0.3) is 10.9 Å². The van der Waals surface area contributed by atoms with E-state index in [0.717, 1.165) is 16.6 Å². The van der Waals surface area contributed by atoms with E-state index in [1.807, 2.05) is 43.3 Å². The highest BCUT2D eigenvalue weighted by Crippen LogP contribution is 2.37. The smallest absolute Gasteiger partial charge is 0.357 e. The molecule has 3 aromatic rings. The summed E-state index contributed by atoms with van der Waals surface area (Å²) in [5.74, 6) is -0.439. The molecule has 0 saturated carbocycles. The van der Waals surface area contributed by atoms with Gasteiger partial charge in [-0.25, -0.2) is 9.86 Å². The number of H-pyrrole nitrogens is 1. The minimum absolute atomic E-state index is 0.286. The molecule has 0 atom stereocenters. The number of fused-ring (bicyclic) bond motifs is 1. The Morgan fingerprint density at radius 3 is 2.56 bits per heavy atom. The molecule has 0 saturated heterocycles. The molecule has 0 unspecified atom stereocenters. The van der Waals surface area contributed by atoms with Crippen molar-refractivity contribution in [3.05, 3.63) is 59.2 Å². The summed E-state index contributed by atoms with van der Waals surface area (Å²) >= 11 is 6.18. The monoisotopic (exact) mass is 358 g/mol. The number of aromatic amines is 1. The van der Waals surface area contributed by atoms with E-state index in [-0.39, 0.29) is 6.61 Å². The number of para-hydroxylation sites is 1. The highest BCUT2D eigenvalue weighted by atomic mass is 35.5. The third-order valence-corrected chi connectivity index (χ3v) is 3.90. The van der Waals surface area contributed by atoms with Gasteiger partial charge in [-0.3, -0.25) is 4.84 Å². The van der Waals surface area contributed by atoms with Gasteiger partial charge < -0.3 is 9.72 Å². The van der Waals surface area contributed by atoms with Crippen molar-refractivity contribution in [2.24, 2.45) is 0 Å². The van der Waals surface area contributed by atoms with Gasteiger partial charge in [0.2, 0.25) is 0 Å². The molecule has 0 radical (unpaired) electrons. The maximum absolute atomic E-state index is 12.5. The molecule has 0 aliphatic rings. The lowest BCUT2D eigenvalue weighted by molar-refractivity contribution is 0.0518. The number of carbonyl (C=O) groups excluding carboxylic acids is 1. The Balaban J connectivity index is 2.24. The maximum atomic E-state index is 12.5. The van der Waals surface area contributed by atoms with Gasteiger partial charge in [0, 0.05) is 15.9 Å². The predicted octanol–water partition coefficient (Wildman–Crippen LogP) is 5.09. The molecule has 0 bridgehead atoms. The fraction of sp³-hybridized carbons (Fsp3) is 0.211. The van der Waals surface area contributed by atoms with Crippen LogP contribution in [0.4, 0.5) is 11.4 Å². The number of esters is 1. The molecule has 0 amide bonds. The number of halogens is 1. The Kier molecular flexibility index (Phi) is 5.26. The van der Waals surface area contributed by atoms with Crippen molar-refractivity contribution < 1.29 is 14.4 Å². The summed E-state index contributed by atoms with van der Waals surface area (Å²) in [6, 6.07) is 15.0. The zero-order valence-electron chi connectivity index (χ0n) is 14.1. The third-order valence-electron chi connectivity index (χ3n) is 3.66. The molecule has 0 spiro atoms. The number of anilines is 2. The Labute approximate surface area is 151 Å². The van der Waals surface area contributed by atoms with E-state index in [1.165, 1.54) is 0 Å². The van der Waals surface area contributed by atoms with Crippen molar-refractivity contribution in [2.75, 3.05) is 18.3 Å². The van der Waals surface area contributed by atoms with Crippen LogP contribution in [0.15, 0.2) is 48.5 Å². The highest BCUT2D eigenvalue weighted by Gasteiger charge is 2.25. The molecule has 0 aliphatic carbocycles. The van der Waals surface area contributed by atoms with E-state index in [2.05, 4.69) is 4.98 Å². The number of ether oxygens (including phenoxy) is 1. The third kappa shape index (κ3) is 3.48. The molecule has 1 aromatic heterocycles. The average molecular weight is 359 g/mol. The second-order valence-corrected chi connectivity index (χ2v) is 5.74. The second-order valence-electron chi connectivity index (χ2n) is 5.31. The first-order chi connectivity index (χ1) is 12.2. The van der Waals surface area contributed by atoms with E-state index < -0.39 is 5.97 Å². The van der Waals surface area contributed by atoms with Crippen LogP contribution in [0.1, 0.15) is 24.3 Å². The molecule has 0 fully saturated rings. The Morgan fingerprint density at radius 2 is 1.88 bits per heavy atom. The molecular formula is C19H19ClN2O3. The zero-order chi connectivity index (χ0) is 17.8. The van der Waals surface area contributed by atoms with Crippen molar-refractivity contribution in [3.8, 4) is 0 Å². The first-order valence-electron chi connectivity index (χ1n) is 8.12. The van der Waals surface area contributed by atoms with E-state index in [1.54, 1.807) is 24.1 Å². The number of carbonyl (C=O) groups is 1. The summed E-state index contributed by atoms with van der Waals surface area (Å²) in [6.45, 7) is 4.38. The number of nitrogens with zero attached hydrogens (tertiary/aromatic N) is 1. The molecule has 2 aromatic carbocycles. The van der Waals surface area contributed by atoms with Crippen molar-refractivity contribution in [1.82, 2.24) is 4.98 Å². The van der Waals surface area contributed by atoms with Crippen LogP contribution in [0.2, 0.25) is 5.02 Å². The fourth-order valence-corrected chi connectivity index (χ4v) is 2.84. The first kappa shape index (κ1) is 17.3. The Bertz CT molecular complexity index is 877. The minimum Gasteiger partial charge on any atom is -0.461 e. The van der Waals surface area contributed by atoms with E-state index in [9.17, 15) is 4.79 Å². The largest absolute Gasteiger partial charge is 0.461 e. The molecular weight excluding hydrogens is 340 g/mol. The standard InChI is InChI=1S/C19H19ClN2O3/c1-3-24-19(23)17-18(15-12-13(20)10-11-16(15)21-17)22(25-4-2)14-8-6-5-7-9-14/h5-12,21H,3-4H2,1-2H3. The van der Waals surface area contributed by atoms with Gasteiger partial charge >= 0.3 is 5.97 Å². The van der Waals surface area contributed by atoms with Crippen molar-refractivity contribution in [1.29, 1.82) is 0 Å². The Morgan fingerprint density at radius 1 is 1.12 bits per heavy atom. The number of nitrogens with one attached hydrogen (secondary N) is 1. The molecule has 25 heavy (non-hydrogen) atoms. The lowest BCUT2D eigenvalue weighted by atomic mass is 10.2. The normalized spacial score (nSPS) is 10.8. The zero-order valence-corrected chi connectivity index (χ0v) is 14.8. The summed E-state index contributed by atoms with van der Waals surface area (Å²) in [4.78, 5) is 21.5. The number of hydrogen-bond donors (Lipinski definition) is 1. The number of hydrogen-bond acceptors (Lipinski definition) is 4. The molecule has 0 aliphatic heterocycles. The van der Waals surface area contributed by atoms with Gasteiger partial charge in [0.15, 0.2) is 5.69 Å².